The molecule has 106 valence electrons. The Labute approximate surface area is 119 Å². The molecule has 1 aromatic carbocycles. The molecule has 2 aromatic heterocycles. The molecule has 0 unspecified atom stereocenters. The monoisotopic (exact) mass is 288 g/mol. The van der Waals surface area contributed by atoms with Crippen molar-refractivity contribution in [3.05, 3.63) is 66.4 Å². The number of rotatable bonds is 2. The molecule has 2 heterocycles. The number of aromatic nitrogens is 2. The van der Waals surface area contributed by atoms with E-state index in [2.05, 4.69) is 9.97 Å². The number of alkyl halides is 3. The van der Waals surface area contributed by atoms with Crippen molar-refractivity contribution < 1.29 is 13.2 Å². The topological polar surface area (TPSA) is 28.7 Å². The number of nitrogens with one attached hydrogen (secondary N) is 1. The molecule has 0 spiro atoms. The molecule has 0 saturated carbocycles. The molecule has 0 aliphatic rings. The zero-order chi connectivity index (χ0) is 14.9. The Morgan fingerprint density at radius 3 is 2.24 bits per heavy atom. The highest BCUT2D eigenvalue weighted by molar-refractivity contribution is 5.70. The van der Waals surface area contributed by atoms with Crippen LogP contribution >= 0.6 is 0 Å². The predicted octanol–water partition coefficient (Wildman–Crippen LogP) is 4.76. The fourth-order valence-electron chi connectivity index (χ4n) is 2.16. The highest BCUT2D eigenvalue weighted by atomic mass is 19.4. The van der Waals surface area contributed by atoms with Gasteiger partial charge in [0.1, 0.15) is 0 Å². The molecule has 5 heteroatoms. The van der Waals surface area contributed by atoms with Crippen molar-refractivity contribution >= 4 is 0 Å². The van der Waals surface area contributed by atoms with E-state index in [0.717, 1.165) is 6.07 Å². The van der Waals surface area contributed by atoms with E-state index in [1.165, 1.54) is 6.20 Å². The Kier molecular flexibility index (Phi) is 3.25. The van der Waals surface area contributed by atoms with E-state index in [0.29, 0.717) is 11.3 Å². The van der Waals surface area contributed by atoms with Crippen LogP contribution < -0.4 is 0 Å². The number of benzene rings is 1. The molecule has 0 amide bonds. The first-order valence-electron chi connectivity index (χ1n) is 6.33. The largest absolute Gasteiger partial charge is 0.418 e. The summed E-state index contributed by atoms with van der Waals surface area (Å²) in [5.41, 5.74) is 0.669. The molecule has 3 rings (SSSR count). The Balaban J connectivity index is 2.17. The number of nitrogens with zero attached hydrogens (tertiary/aromatic N) is 1. The number of aromatic amines is 1. The molecular weight excluding hydrogens is 277 g/mol. The van der Waals surface area contributed by atoms with Crippen LogP contribution in [0.3, 0.4) is 0 Å². The molecule has 0 saturated heterocycles. The van der Waals surface area contributed by atoms with Crippen LogP contribution in [0.1, 0.15) is 5.56 Å². The van der Waals surface area contributed by atoms with Crippen LogP contribution in [-0.2, 0) is 6.18 Å². The molecule has 0 aliphatic carbocycles. The van der Waals surface area contributed by atoms with Crippen molar-refractivity contribution in [3.63, 3.8) is 0 Å². The fraction of sp³-hybridized carbons (Fsp3) is 0.0625. The second-order valence-corrected chi connectivity index (χ2v) is 4.55. The summed E-state index contributed by atoms with van der Waals surface area (Å²) in [5, 5.41) is 0. The van der Waals surface area contributed by atoms with Crippen LogP contribution in [0.2, 0.25) is 0 Å². The van der Waals surface area contributed by atoms with Gasteiger partial charge in [0.05, 0.1) is 17.0 Å². The van der Waals surface area contributed by atoms with E-state index in [4.69, 9.17) is 0 Å². The zero-order valence-corrected chi connectivity index (χ0v) is 10.9. The van der Waals surface area contributed by atoms with Gasteiger partial charge in [0.2, 0.25) is 0 Å². The van der Waals surface area contributed by atoms with Crippen molar-refractivity contribution in [1.29, 1.82) is 0 Å². The second-order valence-electron chi connectivity index (χ2n) is 4.55. The van der Waals surface area contributed by atoms with Gasteiger partial charge < -0.3 is 4.98 Å². The highest BCUT2D eigenvalue weighted by Crippen LogP contribution is 2.38. The van der Waals surface area contributed by atoms with Gasteiger partial charge in [0.25, 0.3) is 0 Å². The van der Waals surface area contributed by atoms with Crippen molar-refractivity contribution in [2.75, 3.05) is 0 Å². The van der Waals surface area contributed by atoms with E-state index in [9.17, 15) is 13.2 Å². The summed E-state index contributed by atoms with van der Waals surface area (Å²) in [6, 6.07) is 14.9. The first-order chi connectivity index (χ1) is 10.1. The first kappa shape index (κ1) is 13.4. The highest BCUT2D eigenvalue weighted by Gasteiger charge is 2.36. The van der Waals surface area contributed by atoms with E-state index >= 15 is 0 Å². The summed E-state index contributed by atoms with van der Waals surface area (Å²) in [6.45, 7) is 0. The van der Waals surface area contributed by atoms with Gasteiger partial charge in [-0.1, -0.05) is 36.4 Å². The number of pyridine rings is 1. The third-order valence-corrected chi connectivity index (χ3v) is 3.13. The molecule has 0 aliphatic heterocycles. The summed E-state index contributed by atoms with van der Waals surface area (Å²) in [6.07, 6.45) is -2.96. The van der Waals surface area contributed by atoms with Crippen molar-refractivity contribution in [2.45, 2.75) is 6.18 Å². The first-order valence-corrected chi connectivity index (χ1v) is 6.33. The van der Waals surface area contributed by atoms with Crippen LogP contribution in [0.5, 0.6) is 0 Å². The average molecular weight is 288 g/mol. The lowest BCUT2D eigenvalue weighted by Gasteiger charge is -2.06. The van der Waals surface area contributed by atoms with E-state index in [-0.39, 0.29) is 11.4 Å². The maximum Gasteiger partial charge on any atom is 0.418 e. The van der Waals surface area contributed by atoms with Crippen molar-refractivity contribution in [3.8, 4) is 22.6 Å². The van der Waals surface area contributed by atoms with Gasteiger partial charge in [-0.15, -0.1) is 0 Å². The van der Waals surface area contributed by atoms with Crippen LogP contribution in [0.4, 0.5) is 13.2 Å². The van der Waals surface area contributed by atoms with Gasteiger partial charge in [-0.3, -0.25) is 4.98 Å². The molecule has 2 nitrogen and oxygen atoms in total. The van der Waals surface area contributed by atoms with E-state index in [1.54, 1.807) is 42.5 Å². The summed E-state index contributed by atoms with van der Waals surface area (Å²) in [4.78, 5) is 6.84. The van der Waals surface area contributed by atoms with Crippen LogP contribution in [0, 0.1) is 0 Å². The standard InChI is InChI=1S/C16H11F3N2/c17-16(18,19)12-10-14(11-6-2-1-3-7-11)21-15(12)13-8-4-5-9-20-13/h1-10,21H. The second kappa shape index (κ2) is 5.09. The molecule has 0 fully saturated rings. The summed E-state index contributed by atoms with van der Waals surface area (Å²) < 4.78 is 39.6. The molecule has 3 aromatic rings. The molecular formula is C16H11F3N2. The van der Waals surface area contributed by atoms with Gasteiger partial charge in [-0.2, -0.15) is 13.2 Å². The third-order valence-electron chi connectivity index (χ3n) is 3.13. The molecule has 0 bridgehead atoms. The van der Waals surface area contributed by atoms with Gasteiger partial charge in [0, 0.05) is 11.9 Å². The van der Waals surface area contributed by atoms with Gasteiger partial charge >= 0.3 is 6.18 Å². The van der Waals surface area contributed by atoms with Gasteiger partial charge in [-0.25, -0.2) is 0 Å². The van der Waals surface area contributed by atoms with Gasteiger partial charge in [-0.05, 0) is 23.8 Å². The summed E-state index contributed by atoms with van der Waals surface area (Å²) >= 11 is 0. The fourth-order valence-corrected chi connectivity index (χ4v) is 2.16. The minimum Gasteiger partial charge on any atom is -0.353 e. The smallest absolute Gasteiger partial charge is 0.353 e. The average Bonchev–Trinajstić information content (AvgIpc) is 2.94. The molecule has 1 N–H and O–H groups in total. The van der Waals surface area contributed by atoms with Crippen molar-refractivity contribution in [2.24, 2.45) is 0 Å². The van der Waals surface area contributed by atoms with Crippen LogP contribution in [0.25, 0.3) is 22.6 Å². The number of hydrogen-bond donors (Lipinski definition) is 1. The predicted molar refractivity (Wildman–Crippen MR) is 74.5 cm³/mol. The van der Waals surface area contributed by atoms with Crippen LogP contribution in [0.15, 0.2) is 60.8 Å². The molecule has 0 atom stereocenters. The maximum absolute atomic E-state index is 13.2. The quantitative estimate of drug-likeness (QED) is 0.723. The number of hydrogen-bond acceptors (Lipinski definition) is 1. The lowest BCUT2D eigenvalue weighted by molar-refractivity contribution is -0.137. The van der Waals surface area contributed by atoms with Crippen molar-refractivity contribution in [1.82, 2.24) is 9.97 Å². The number of H-pyrrole nitrogens is 1. The summed E-state index contributed by atoms with van der Waals surface area (Å²) in [7, 11) is 0. The molecule has 0 radical (unpaired) electrons. The minimum atomic E-state index is -4.43. The number of halogens is 3. The Morgan fingerprint density at radius 1 is 0.905 bits per heavy atom. The Morgan fingerprint density at radius 2 is 1.62 bits per heavy atom. The van der Waals surface area contributed by atoms with E-state index in [1.807, 2.05) is 6.07 Å². The SMILES string of the molecule is FC(F)(F)c1cc(-c2ccccc2)[nH]c1-c1ccccn1. The Hall–Kier alpha value is -2.56. The lowest BCUT2D eigenvalue weighted by atomic mass is 10.1. The Bertz CT molecular complexity index is 731. The summed E-state index contributed by atoms with van der Waals surface area (Å²) in [5.74, 6) is 0. The lowest BCUT2D eigenvalue weighted by Crippen LogP contribution is -2.05. The van der Waals surface area contributed by atoms with Crippen LogP contribution in [-0.4, -0.2) is 9.97 Å². The molecule has 21 heavy (non-hydrogen) atoms. The normalized spacial score (nSPS) is 11.6. The zero-order valence-electron chi connectivity index (χ0n) is 10.9. The maximum atomic E-state index is 13.2. The van der Waals surface area contributed by atoms with Gasteiger partial charge in [0.15, 0.2) is 0 Å². The van der Waals surface area contributed by atoms with E-state index < -0.39 is 11.7 Å². The minimum absolute atomic E-state index is 0.0121. The third kappa shape index (κ3) is 2.67.